The normalized spacial score (nSPS) is 35.2. The van der Waals surface area contributed by atoms with Crippen molar-refractivity contribution in [1.82, 2.24) is 15.5 Å². The van der Waals surface area contributed by atoms with Crippen LogP contribution in [-0.4, -0.2) is 35.5 Å². The predicted molar refractivity (Wildman–Crippen MR) is 87.6 cm³/mol. The molecule has 5 aliphatic rings. The molecule has 6 heteroatoms. The van der Waals surface area contributed by atoms with E-state index >= 15 is 0 Å². The zero-order valence-electron chi connectivity index (χ0n) is 13.9. The van der Waals surface area contributed by atoms with Crippen LogP contribution in [0.3, 0.4) is 0 Å². The Morgan fingerprint density at radius 1 is 0.958 bits per heavy atom. The zero-order valence-corrected chi connectivity index (χ0v) is 13.9. The molecule has 4 amide bonds. The molecule has 0 spiro atoms. The number of carbonyl (C=O) groups is 3. The second kappa shape index (κ2) is 6.22. The predicted octanol–water partition coefficient (Wildman–Crippen LogP) is 1.77. The van der Waals surface area contributed by atoms with Gasteiger partial charge in [0.2, 0.25) is 11.8 Å². The number of carbonyl (C=O) groups excluding carboxylic acids is 3. The molecule has 1 heterocycles. The van der Waals surface area contributed by atoms with E-state index < -0.39 is 0 Å². The first-order valence-corrected chi connectivity index (χ1v) is 9.23. The summed E-state index contributed by atoms with van der Waals surface area (Å²) in [4.78, 5) is 38.6. The summed E-state index contributed by atoms with van der Waals surface area (Å²) >= 11 is 0. The van der Waals surface area contributed by atoms with Crippen LogP contribution in [-0.2, 0) is 9.59 Å². The van der Waals surface area contributed by atoms with Crippen molar-refractivity contribution >= 4 is 17.8 Å². The smallest absolute Gasteiger partial charge is 0.316 e. The number of urea groups is 1. The molecule has 4 aliphatic carbocycles. The lowest BCUT2D eigenvalue weighted by Gasteiger charge is -2.38. The Morgan fingerprint density at radius 2 is 1.54 bits per heavy atom. The Balaban J connectivity index is 1.34. The molecule has 130 valence electrons. The van der Waals surface area contributed by atoms with Crippen LogP contribution in [0.5, 0.6) is 0 Å². The molecule has 6 nitrogen and oxygen atoms in total. The second-order valence-corrected chi connectivity index (χ2v) is 7.59. The Hall–Kier alpha value is -1.85. The van der Waals surface area contributed by atoms with Crippen molar-refractivity contribution in [1.29, 1.82) is 0 Å². The van der Waals surface area contributed by atoms with Gasteiger partial charge < -0.3 is 10.6 Å². The lowest BCUT2D eigenvalue weighted by atomic mass is 9.63. The van der Waals surface area contributed by atoms with Gasteiger partial charge in [0.15, 0.2) is 0 Å². The van der Waals surface area contributed by atoms with E-state index in [1.54, 1.807) is 0 Å². The number of imide groups is 1. The molecule has 1 aliphatic heterocycles. The number of hydrogen-bond acceptors (Lipinski definition) is 3. The average Bonchev–Trinajstić information content (AvgIpc) is 2.88. The quantitative estimate of drug-likeness (QED) is 0.611. The van der Waals surface area contributed by atoms with Crippen LogP contribution in [0.1, 0.15) is 44.9 Å². The highest BCUT2D eigenvalue weighted by Crippen LogP contribution is 2.49. The molecule has 2 saturated carbocycles. The van der Waals surface area contributed by atoms with Crippen molar-refractivity contribution in [2.45, 2.75) is 51.0 Å². The lowest BCUT2D eigenvalue weighted by molar-refractivity contribution is -0.140. The molecule has 0 radical (unpaired) electrons. The van der Waals surface area contributed by atoms with Crippen molar-refractivity contribution in [3.63, 3.8) is 0 Å². The zero-order chi connectivity index (χ0) is 16.7. The number of fused-ring (bicyclic) bond motifs is 1. The van der Waals surface area contributed by atoms with Crippen LogP contribution in [0.2, 0.25) is 0 Å². The third kappa shape index (κ3) is 2.62. The maximum atomic E-state index is 12.6. The Kier molecular flexibility index (Phi) is 4.06. The van der Waals surface area contributed by atoms with Crippen LogP contribution in [0, 0.1) is 23.7 Å². The SMILES string of the molecule is O=C(NCN1C(=O)C2C3C=CC(CC3)C2C1=O)NC1CCCCC1. The van der Waals surface area contributed by atoms with E-state index in [-0.39, 0.29) is 54.2 Å². The maximum Gasteiger partial charge on any atom is 0.316 e. The van der Waals surface area contributed by atoms with E-state index in [1.165, 1.54) is 11.3 Å². The Bertz CT molecular complexity index is 550. The Labute approximate surface area is 142 Å². The highest BCUT2D eigenvalue weighted by Gasteiger charge is 2.56. The minimum atomic E-state index is -0.279. The molecule has 2 N–H and O–H groups in total. The number of rotatable bonds is 3. The summed E-state index contributed by atoms with van der Waals surface area (Å²) < 4.78 is 0. The van der Waals surface area contributed by atoms with Crippen molar-refractivity contribution in [2.75, 3.05) is 6.67 Å². The highest BCUT2D eigenvalue weighted by atomic mass is 16.2. The average molecular weight is 331 g/mol. The summed E-state index contributed by atoms with van der Waals surface area (Å²) in [6.45, 7) is -0.0113. The van der Waals surface area contributed by atoms with Crippen LogP contribution in [0.15, 0.2) is 12.2 Å². The van der Waals surface area contributed by atoms with Gasteiger partial charge in [-0.2, -0.15) is 0 Å². The summed E-state index contributed by atoms with van der Waals surface area (Å²) in [5.74, 6) is -0.243. The molecule has 3 fully saturated rings. The first kappa shape index (κ1) is 15.7. The molecular formula is C18H25N3O3. The van der Waals surface area contributed by atoms with E-state index in [1.807, 2.05) is 0 Å². The number of amides is 4. The number of likely N-dealkylation sites (tertiary alicyclic amines) is 1. The topological polar surface area (TPSA) is 78.5 Å². The van der Waals surface area contributed by atoms with Gasteiger partial charge in [0, 0.05) is 6.04 Å². The van der Waals surface area contributed by atoms with Gasteiger partial charge in [0.1, 0.15) is 6.67 Å². The molecule has 4 atom stereocenters. The second-order valence-electron chi connectivity index (χ2n) is 7.59. The highest BCUT2D eigenvalue weighted by molar-refractivity contribution is 6.06. The molecule has 1 saturated heterocycles. The van der Waals surface area contributed by atoms with Gasteiger partial charge in [-0.1, -0.05) is 31.4 Å². The number of nitrogens with zero attached hydrogens (tertiary/aromatic N) is 1. The third-order valence-electron chi connectivity index (χ3n) is 6.19. The van der Waals surface area contributed by atoms with Crippen molar-refractivity contribution < 1.29 is 14.4 Å². The number of nitrogens with one attached hydrogen (secondary N) is 2. The monoisotopic (exact) mass is 331 g/mol. The van der Waals surface area contributed by atoms with Gasteiger partial charge in [-0.25, -0.2) is 4.79 Å². The van der Waals surface area contributed by atoms with Gasteiger partial charge in [-0.3, -0.25) is 14.5 Å². The van der Waals surface area contributed by atoms with Gasteiger partial charge >= 0.3 is 6.03 Å². The first-order chi connectivity index (χ1) is 11.6. The Morgan fingerprint density at radius 3 is 2.08 bits per heavy atom. The van der Waals surface area contributed by atoms with Gasteiger partial charge in [-0.15, -0.1) is 0 Å². The van der Waals surface area contributed by atoms with Crippen LogP contribution < -0.4 is 10.6 Å². The largest absolute Gasteiger partial charge is 0.335 e. The molecule has 24 heavy (non-hydrogen) atoms. The third-order valence-corrected chi connectivity index (χ3v) is 6.19. The van der Waals surface area contributed by atoms with E-state index in [9.17, 15) is 14.4 Å². The summed E-state index contributed by atoms with van der Waals surface area (Å²) in [6.07, 6.45) is 11.7. The van der Waals surface area contributed by atoms with E-state index in [4.69, 9.17) is 0 Å². The summed E-state index contributed by atoms with van der Waals surface area (Å²) in [5.41, 5.74) is 0. The van der Waals surface area contributed by atoms with Crippen molar-refractivity contribution in [2.24, 2.45) is 23.7 Å². The number of allylic oxidation sites excluding steroid dienone is 2. The van der Waals surface area contributed by atoms with Crippen molar-refractivity contribution in [3.05, 3.63) is 12.2 Å². The van der Waals surface area contributed by atoms with Crippen LogP contribution in [0.4, 0.5) is 4.79 Å². The number of hydrogen-bond donors (Lipinski definition) is 2. The molecule has 0 aromatic carbocycles. The molecule has 5 rings (SSSR count). The van der Waals surface area contributed by atoms with E-state index in [0.29, 0.717) is 0 Å². The summed E-state index contributed by atoms with van der Waals surface area (Å²) in [5, 5.41) is 5.66. The molecule has 4 unspecified atom stereocenters. The summed E-state index contributed by atoms with van der Waals surface area (Å²) in [7, 11) is 0. The maximum absolute atomic E-state index is 12.6. The minimum Gasteiger partial charge on any atom is -0.335 e. The van der Waals surface area contributed by atoms with Gasteiger partial charge in [-0.05, 0) is 37.5 Å². The molecule has 0 aromatic rings. The molecule has 2 bridgehead atoms. The standard InChI is InChI=1S/C18H25N3O3/c22-16-14-11-6-7-12(9-8-11)15(14)17(23)21(16)10-19-18(24)20-13-4-2-1-3-5-13/h6-7,11-15H,1-5,8-10H2,(H2,19,20,24). The van der Waals surface area contributed by atoms with Crippen molar-refractivity contribution in [3.8, 4) is 0 Å². The van der Waals surface area contributed by atoms with Crippen LogP contribution in [0.25, 0.3) is 0 Å². The van der Waals surface area contributed by atoms with Gasteiger partial charge in [0.25, 0.3) is 0 Å². The van der Waals surface area contributed by atoms with Crippen LogP contribution >= 0.6 is 0 Å². The first-order valence-electron chi connectivity index (χ1n) is 9.23. The van der Waals surface area contributed by atoms with E-state index in [0.717, 1.165) is 38.5 Å². The fraction of sp³-hybridized carbons (Fsp3) is 0.722. The van der Waals surface area contributed by atoms with Gasteiger partial charge in [0.05, 0.1) is 11.8 Å². The fourth-order valence-electron chi connectivity index (χ4n) is 4.93. The van der Waals surface area contributed by atoms with E-state index in [2.05, 4.69) is 22.8 Å². The fourth-order valence-corrected chi connectivity index (χ4v) is 4.93. The minimum absolute atomic E-state index is 0.0113. The molecule has 0 aromatic heterocycles. The lowest BCUT2D eigenvalue weighted by Crippen LogP contribution is -2.48. The molecular weight excluding hydrogens is 306 g/mol. The summed E-state index contributed by atoms with van der Waals surface area (Å²) in [6, 6.07) is -0.0650.